The second-order valence-electron chi connectivity index (χ2n) is 4.18. The van der Waals surface area contributed by atoms with Crippen LogP contribution in [0.1, 0.15) is 26.2 Å². The van der Waals surface area contributed by atoms with Crippen LogP contribution in [0.5, 0.6) is 0 Å². The standard InChI is InChI=1S/C10H17NOS/c1-8-4-5-11(7-8)10(12)9-3-2-6-13-9/h8-9H,2-7H2,1H3. The summed E-state index contributed by atoms with van der Waals surface area (Å²) in [5.41, 5.74) is 0. The summed E-state index contributed by atoms with van der Waals surface area (Å²) in [5, 5.41) is 0.297. The number of nitrogens with zero attached hydrogens (tertiary/aromatic N) is 1. The van der Waals surface area contributed by atoms with Gasteiger partial charge >= 0.3 is 0 Å². The average molecular weight is 199 g/mol. The van der Waals surface area contributed by atoms with Gasteiger partial charge in [-0.1, -0.05) is 6.92 Å². The van der Waals surface area contributed by atoms with Gasteiger partial charge in [-0.3, -0.25) is 4.79 Å². The molecule has 2 fully saturated rings. The van der Waals surface area contributed by atoms with E-state index in [2.05, 4.69) is 11.8 Å². The molecular formula is C10H17NOS. The summed E-state index contributed by atoms with van der Waals surface area (Å²) in [4.78, 5) is 14.0. The Morgan fingerprint density at radius 2 is 2.31 bits per heavy atom. The lowest BCUT2D eigenvalue weighted by molar-refractivity contribution is -0.129. The van der Waals surface area contributed by atoms with Crippen LogP contribution in [-0.4, -0.2) is 34.9 Å². The molecule has 0 aliphatic carbocycles. The Balaban J connectivity index is 1.89. The third kappa shape index (κ3) is 2.01. The van der Waals surface area contributed by atoms with Crippen LogP contribution in [0, 0.1) is 5.92 Å². The van der Waals surface area contributed by atoms with Crippen molar-refractivity contribution in [3.05, 3.63) is 0 Å². The minimum atomic E-state index is 0.297. The first kappa shape index (κ1) is 9.38. The predicted molar refractivity (Wildman–Crippen MR) is 55.8 cm³/mol. The Morgan fingerprint density at radius 1 is 1.46 bits per heavy atom. The molecule has 0 saturated carbocycles. The fourth-order valence-corrected chi connectivity index (χ4v) is 3.35. The van der Waals surface area contributed by atoms with Crippen LogP contribution in [0.4, 0.5) is 0 Å². The smallest absolute Gasteiger partial charge is 0.235 e. The molecule has 2 aliphatic rings. The van der Waals surface area contributed by atoms with Gasteiger partial charge in [0.2, 0.25) is 5.91 Å². The van der Waals surface area contributed by atoms with Crippen molar-refractivity contribution in [3.8, 4) is 0 Å². The van der Waals surface area contributed by atoms with Gasteiger partial charge in [-0.2, -0.15) is 0 Å². The van der Waals surface area contributed by atoms with Crippen LogP contribution in [0.2, 0.25) is 0 Å². The van der Waals surface area contributed by atoms with Crippen LogP contribution in [-0.2, 0) is 4.79 Å². The molecule has 2 heterocycles. The zero-order chi connectivity index (χ0) is 9.26. The summed E-state index contributed by atoms with van der Waals surface area (Å²) in [5.74, 6) is 2.31. The number of hydrogen-bond acceptors (Lipinski definition) is 2. The third-order valence-electron chi connectivity index (χ3n) is 2.94. The number of rotatable bonds is 1. The maximum absolute atomic E-state index is 11.9. The normalized spacial score (nSPS) is 34.1. The van der Waals surface area contributed by atoms with E-state index in [0.29, 0.717) is 11.2 Å². The van der Waals surface area contributed by atoms with Crippen molar-refractivity contribution in [2.24, 2.45) is 5.92 Å². The summed E-state index contributed by atoms with van der Waals surface area (Å²) >= 11 is 1.85. The lowest BCUT2D eigenvalue weighted by atomic mass is 10.2. The second kappa shape index (κ2) is 3.91. The Morgan fingerprint density at radius 3 is 2.85 bits per heavy atom. The zero-order valence-electron chi connectivity index (χ0n) is 8.16. The molecule has 2 rings (SSSR count). The van der Waals surface area contributed by atoms with Crippen LogP contribution >= 0.6 is 11.8 Å². The summed E-state index contributed by atoms with van der Waals surface area (Å²) < 4.78 is 0. The van der Waals surface area contributed by atoms with Crippen molar-refractivity contribution in [1.82, 2.24) is 4.90 Å². The minimum absolute atomic E-state index is 0.297. The van der Waals surface area contributed by atoms with Crippen molar-refractivity contribution in [3.63, 3.8) is 0 Å². The number of thioether (sulfide) groups is 1. The maximum atomic E-state index is 11.9. The van der Waals surface area contributed by atoms with Gasteiger partial charge in [0.05, 0.1) is 5.25 Å². The lowest BCUT2D eigenvalue weighted by Crippen LogP contribution is -2.34. The quantitative estimate of drug-likeness (QED) is 0.641. The molecule has 2 atom stereocenters. The van der Waals surface area contributed by atoms with E-state index in [1.807, 2.05) is 11.8 Å². The van der Waals surface area contributed by atoms with Gasteiger partial charge < -0.3 is 4.90 Å². The molecule has 2 nitrogen and oxygen atoms in total. The van der Waals surface area contributed by atoms with Crippen molar-refractivity contribution >= 4 is 17.7 Å². The molecule has 1 amide bonds. The molecule has 2 unspecified atom stereocenters. The molecular weight excluding hydrogens is 182 g/mol. The monoisotopic (exact) mass is 199 g/mol. The first-order valence-electron chi connectivity index (χ1n) is 5.18. The number of carbonyl (C=O) groups is 1. The molecule has 74 valence electrons. The van der Waals surface area contributed by atoms with Gasteiger partial charge in [0, 0.05) is 13.1 Å². The highest BCUT2D eigenvalue weighted by Gasteiger charge is 2.31. The van der Waals surface area contributed by atoms with Gasteiger partial charge in [-0.15, -0.1) is 11.8 Å². The number of hydrogen-bond donors (Lipinski definition) is 0. The van der Waals surface area contributed by atoms with Gasteiger partial charge in [0.1, 0.15) is 0 Å². The van der Waals surface area contributed by atoms with E-state index < -0.39 is 0 Å². The highest BCUT2D eigenvalue weighted by atomic mass is 32.2. The molecule has 0 aromatic heterocycles. The Hall–Kier alpha value is -0.180. The van der Waals surface area contributed by atoms with Crippen LogP contribution in [0.15, 0.2) is 0 Å². The highest BCUT2D eigenvalue weighted by molar-refractivity contribution is 8.00. The molecule has 0 aromatic rings. The summed E-state index contributed by atoms with van der Waals surface area (Å²) in [6.07, 6.45) is 3.53. The number of carbonyl (C=O) groups excluding carboxylic acids is 1. The largest absolute Gasteiger partial charge is 0.341 e. The zero-order valence-corrected chi connectivity index (χ0v) is 8.98. The molecule has 13 heavy (non-hydrogen) atoms. The number of likely N-dealkylation sites (tertiary alicyclic amines) is 1. The third-order valence-corrected chi connectivity index (χ3v) is 4.30. The Labute approximate surface area is 84.1 Å². The van der Waals surface area contributed by atoms with E-state index in [4.69, 9.17) is 0 Å². The van der Waals surface area contributed by atoms with Crippen molar-refractivity contribution < 1.29 is 4.79 Å². The highest BCUT2D eigenvalue weighted by Crippen LogP contribution is 2.29. The van der Waals surface area contributed by atoms with Gasteiger partial charge in [0.25, 0.3) is 0 Å². The lowest BCUT2D eigenvalue weighted by Gasteiger charge is -2.19. The van der Waals surface area contributed by atoms with Crippen molar-refractivity contribution in [2.75, 3.05) is 18.8 Å². The van der Waals surface area contributed by atoms with E-state index >= 15 is 0 Å². The fraction of sp³-hybridized carbons (Fsp3) is 0.900. The summed E-state index contributed by atoms with van der Waals surface area (Å²) in [6, 6.07) is 0. The van der Waals surface area contributed by atoms with Crippen LogP contribution in [0.25, 0.3) is 0 Å². The summed E-state index contributed by atoms with van der Waals surface area (Å²) in [7, 11) is 0. The van der Waals surface area contributed by atoms with Crippen molar-refractivity contribution in [2.45, 2.75) is 31.4 Å². The van der Waals surface area contributed by atoms with E-state index in [0.717, 1.165) is 25.4 Å². The topological polar surface area (TPSA) is 20.3 Å². The maximum Gasteiger partial charge on any atom is 0.235 e. The van der Waals surface area contributed by atoms with E-state index in [9.17, 15) is 4.79 Å². The van der Waals surface area contributed by atoms with E-state index in [-0.39, 0.29) is 0 Å². The first-order chi connectivity index (χ1) is 6.27. The molecule has 0 N–H and O–H groups in total. The minimum Gasteiger partial charge on any atom is -0.341 e. The van der Waals surface area contributed by atoms with Crippen molar-refractivity contribution in [1.29, 1.82) is 0 Å². The molecule has 2 saturated heterocycles. The number of amides is 1. The summed E-state index contributed by atoms with van der Waals surface area (Å²) in [6.45, 7) is 4.22. The van der Waals surface area contributed by atoms with E-state index in [1.165, 1.54) is 18.6 Å². The van der Waals surface area contributed by atoms with Gasteiger partial charge in [-0.05, 0) is 30.9 Å². The molecule has 2 aliphatic heterocycles. The first-order valence-corrected chi connectivity index (χ1v) is 6.22. The molecule has 3 heteroatoms. The fourth-order valence-electron chi connectivity index (χ4n) is 2.11. The van der Waals surface area contributed by atoms with Gasteiger partial charge in [0.15, 0.2) is 0 Å². The second-order valence-corrected chi connectivity index (χ2v) is 5.49. The molecule has 0 bridgehead atoms. The van der Waals surface area contributed by atoms with E-state index in [1.54, 1.807) is 0 Å². The Kier molecular flexibility index (Phi) is 2.82. The molecule has 0 aromatic carbocycles. The van der Waals surface area contributed by atoms with Crippen LogP contribution in [0.3, 0.4) is 0 Å². The molecule has 0 radical (unpaired) electrons. The predicted octanol–water partition coefficient (Wildman–Crippen LogP) is 1.75. The van der Waals surface area contributed by atoms with Crippen LogP contribution < -0.4 is 0 Å². The average Bonchev–Trinajstić information content (AvgIpc) is 2.72. The SMILES string of the molecule is CC1CCN(C(=O)C2CCCS2)C1. The molecule has 0 spiro atoms. The Bertz CT molecular complexity index is 201. The van der Waals surface area contributed by atoms with Gasteiger partial charge in [-0.25, -0.2) is 0 Å².